The van der Waals surface area contributed by atoms with Crippen molar-refractivity contribution in [2.24, 2.45) is 10.9 Å². The standard InChI is InChI=1S/C14H28F3N3O/c1-4-12(5-2)10-20-13(18-6-3)19-8-7-9-21-11-14(15,16)17/h12H,4-11H2,1-3H3,(H2,18,19,20). The van der Waals surface area contributed by atoms with Crippen LogP contribution < -0.4 is 10.6 Å². The largest absolute Gasteiger partial charge is 0.411 e. The average molecular weight is 311 g/mol. The highest BCUT2D eigenvalue weighted by Crippen LogP contribution is 2.14. The highest BCUT2D eigenvalue weighted by Gasteiger charge is 2.27. The molecule has 0 radical (unpaired) electrons. The van der Waals surface area contributed by atoms with Crippen LogP contribution in [0, 0.1) is 5.92 Å². The number of guanidine groups is 1. The van der Waals surface area contributed by atoms with Gasteiger partial charge in [0, 0.05) is 26.2 Å². The Hall–Kier alpha value is -0.980. The molecule has 0 spiro atoms. The Bertz CT molecular complexity index is 279. The molecule has 7 heteroatoms. The Balaban J connectivity index is 3.91. The fraction of sp³-hybridized carbons (Fsp3) is 0.929. The molecule has 0 aliphatic heterocycles. The molecule has 0 unspecified atom stereocenters. The number of ether oxygens (including phenoxy) is 1. The first-order valence-electron chi connectivity index (χ1n) is 7.59. The molecule has 0 atom stereocenters. The van der Waals surface area contributed by atoms with Crippen molar-refractivity contribution in [3.63, 3.8) is 0 Å². The van der Waals surface area contributed by atoms with Gasteiger partial charge >= 0.3 is 6.18 Å². The van der Waals surface area contributed by atoms with Crippen LogP contribution in [-0.2, 0) is 4.74 Å². The Labute approximate surface area is 125 Å². The Kier molecular flexibility index (Phi) is 11.1. The number of rotatable bonds is 10. The molecule has 0 aliphatic rings. The number of alkyl halides is 3. The third-order valence-electron chi connectivity index (χ3n) is 3.03. The zero-order chi connectivity index (χ0) is 16.1. The minimum absolute atomic E-state index is 0.0818. The van der Waals surface area contributed by atoms with E-state index in [-0.39, 0.29) is 6.61 Å². The predicted octanol–water partition coefficient (Wildman–Crippen LogP) is 2.95. The van der Waals surface area contributed by atoms with Crippen molar-refractivity contribution in [3.05, 3.63) is 0 Å². The first-order valence-corrected chi connectivity index (χ1v) is 7.59. The van der Waals surface area contributed by atoms with E-state index in [1.54, 1.807) is 0 Å². The molecule has 0 saturated heterocycles. The summed E-state index contributed by atoms with van der Waals surface area (Å²) in [6, 6.07) is 0. The van der Waals surface area contributed by atoms with Crippen molar-refractivity contribution in [2.45, 2.75) is 46.2 Å². The van der Waals surface area contributed by atoms with Gasteiger partial charge in [-0.2, -0.15) is 13.2 Å². The van der Waals surface area contributed by atoms with Gasteiger partial charge < -0.3 is 15.4 Å². The van der Waals surface area contributed by atoms with Crippen LogP contribution in [0.5, 0.6) is 0 Å². The minimum Gasteiger partial charge on any atom is -0.372 e. The molecule has 21 heavy (non-hydrogen) atoms. The van der Waals surface area contributed by atoms with Gasteiger partial charge in [0.2, 0.25) is 0 Å². The highest BCUT2D eigenvalue weighted by molar-refractivity contribution is 5.79. The lowest BCUT2D eigenvalue weighted by Crippen LogP contribution is -2.38. The summed E-state index contributed by atoms with van der Waals surface area (Å²) in [7, 11) is 0. The summed E-state index contributed by atoms with van der Waals surface area (Å²) in [5.74, 6) is 1.27. The minimum atomic E-state index is -4.25. The van der Waals surface area contributed by atoms with Gasteiger partial charge in [0.15, 0.2) is 5.96 Å². The SMILES string of the molecule is CCNC(=NCC(CC)CC)NCCCOCC(F)(F)F. The topological polar surface area (TPSA) is 45.7 Å². The second-order valence-electron chi connectivity index (χ2n) is 4.85. The normalized spacial score (nSPS) is 12.8. The van der Waals surface area contributed by atoms with Crippen LogP contribution in [0.4, 0.5) is 13.2 Å². The van der Waals surface area contributed by atoms with E-state index in [2.05, 4.69) is 34.2 Å². The number of nitrogens with one attached hydrogen (secondary N) is 2. The van der Waals surface area contributed by atoms with Crippen LogP contribution >= 0.6 is 0 Å². The molecule has 0 aromatic heterocycles. The van der Waals surface area contributed by atoms with E-state index in [0.29, 0.717) is 24.8 Å². The zero-order valence-electron chi connectivity index (χ0n) is 13.2. The maximum absolute atomic E-state index is 11.9. The quantitative estimate of drug-likeness (QED) is 0.370. The number of hydrogen-bond acceptors (Lipinski definition) is 2. The third-order valence-corrected chi connectivity index (χ3v) is 3.03. The lowest BCUT2D eigenvalue weighted by Gasteiger charge is -2.14. The molecule has 0 saturated carbocycles. The fourth-order valence-electron chi connectivity index (χ4n) is 1.68. The fourth-order valence-corrected chi connectivity index (χ4v) is 1.68. The smallest absolute Gasteiger partial charge is 0.372 e. The average Bonchev–Trinajstić information content (AvgIpc) is 2.42. The van der Waals surface area contributed by atoms with Crippen LogP contribution in [0.15, 0.2) is 4.99 Å². The lowest BCUT2D eigenvalue weighted by molar-refractivity contribution is -0.173. The zero-order valence-corrected chi connectivity index (χ0v) is 13.2. The van der Waals surface area contributed by atoms with Gasteiger partial charge in [-0.3, -0.25) is 4.99 Å². The molecular formula is C14H28F3N3O. The summed E-state index contributed by atoms with van der Waals surface area (Å²) in [6.45, 7) is 7.19. The van der Waals surface area contributed by atoms with Crippen molar-refractivity contribution >= 4 is 5.96 Å². The third kappa shape index (κ3) is 12.5. The van der Waals surface area contributed by atoms with Gasteiger partial charge in [-0.05, 0) is 19.3 Å². The maximum Gasteiger partial charge on any atom is 0.411 e. The molecule has 0 bridgehead atoms. The summed E-state index contributed by atoms with van der Waals surface area (Å²) < 4.78 is 40.1. The molecule has 0 aliphatic carbocycles. The lowest BCUT2D eigenvalue weighted by atomic mass is 10.0. The van der Waals surface area contributed by atoms with Crippen molar-refractivity contribution in [2.75, 3.05) is 32.8 Å². The van der Waals surface area contributed by atoms with Crippen molar-refractivity contribution < 1.29 is 17.9 Å². The monoisotopic (exact) mass is 311 g/mol. The number of hydrogen-bond donors (Lipinski definition) is 2. The summed E-state index contributed by atoms with van der Waals surface area (Å²) in [4.78, 5) is 4.49. The molecule has 0 aromatic rings. The van der Waals surface area contributed by atoms with E-state index in [9.17, 15) is 13.2 Å². The van der Waals surface area contributed by atoms with E-state index in [4.69, 9.17) is 0 Å². The highest BCUT2D eigenvalue weighted by atomic mass is 19.4. The van der Waals surface area contributed by atoms with Gasteiger partial charge in [-0.15, -0.1) is 0 Å². The molecule has 0 aromatic carbocycles. The number of halogens is 3. The molecule has 0 fully saturated rings. The van der Waals surface area contributed by atoms with Crippen molar-refractivity contribution in [1.29, 1.82) is 0 Å². The Morgan fingerprint density at radius 2 is 1.81 bits per heavy atom. The van der Waals surface area contributed by atoms with Crippen LogP contribution in [0.25, 0.3) is 0 Å². The van der Waals surface area contributed by atoms with E-state index in [1.165, 1.54) is 0 Å². The van der Waals surface area contributed by atoms with Crippen molar-refractivity contribution in [3.8, 4) is 0 Å². The van der Waals surface area contributed by atoms with Crippen LogP contribution in [0.1, 0.15) is 40.0 Å². The molecule has 0 heterocycles. The second kappa shape index (κ2) is 11.7. The first-order chi connectivity index (χ1) is 9.92. The van der Waals surface area contributed by atoms with Gasteiger partial charge in [-0.25, -0.2) is 0 Å². The Morgan fingerprint density at radius 1 is 1.14 bits per heavy atom. The summed E-state index contributed by atoms with van der Waals surface area (Å²) in [5, 5.41) is 6.22. The molecule has 0 amide bonds. The predicted molar refractivity (Wildman–Crippen MR) is 79.5 cm³/mol. The van der Waals surface area contributed by atoms with E-state index in [1.807, 2.05) is 6.92 Å². The summed E-state index contributed by atoms with van der Waals surface area (Å²) in [6.07, 6.45) is -1.57. The van der Waals surface area contributed by atoms with Gasteiger partial charge in [0.05, 0.1) is 0 Å². The maximum atomic E-state index is 11.9. The number of aliphatic imine (C=N–C) groups is 1. The molecule has 0 rings (SSSR count). The van der Waals surface area contributed by atoms with Gasteiger partial charge in [-0.1, -0.05) is 26.7 Å². The van der Waals surface area contributed by atoms with E-state index >= 15 is 0 Å². The van der Waals surface area contributed by atoms with E-state index < -0.39 is 12.8 Å². The van der Waals surface area contributed by atoms with Gasteiger partial charge in [0.1, 0.15) is 6.61 Å². The second-order valence-corrected chi connectivity index (χ2v) is 4.85. The molecule has 2 N–H and O–H groups in total. The Morgan fingerprint density at radius 3 is 2.33 bits per heavy atom. The summed E-state index contributed by atoms with van der Waals surface area (Å²) in [5.41, 5.74) is 0. The molecular weight excluding hydrogens is 283 g/mol. The molecule has 126 valence electrons. The summed E-state index contributed by atoms with van der Waals surface area (Å²) >= 11 is 0. The van der Waals surface area contributed by atoms with Crippen LogP contribution in [-0.4, -0.2) is 45.0 Å². The molecule has 4 nitrogen and oxygen atoms in total. The van der Waals surface area contributed by atoms with Crippen LogP contribution in [0.3, 0.4) is 0 Å². The van der Waals surface area contributed by atoms with Gasteiger partial charge in [0.25, 0.3) is 0 Å². The first kappa shape index (κ1) is 20.0. The van der Waals surface area contributed by atoms with Crippen molar-refractivity contribution in [1.82, 2.24) is 10.6 Å². The van der Waals surface area contributed by atoms with E-state index in [0.717, 1.165) is 25.9 Å². The van der Waals surface area contributed by atoms with Crippen LogP contribution in [0.2, 0.25) is 0 Å². The number of nitrogens with zero attached hydrogens (tertiary/aromatic N) is 1.